The molecule has 4 heterocycles. The molecule has 9 heteroatoms. The third-order valence-electron chi connectivity index (χ3n) is 12.8. The van der Waals surface area contributed by atoms with Gasteiger partial charge in [0.1, 0.15) is 28.4 Å². The lowest BCUT2D eigenvalue weighted by Gasteiger charge is -2.56. The van der Waals surface area contributed by atoms with Crippen molar-refractivity contribution in [2.45, 2.75) is 136 Å². The van der Waals surface area contributed by atoms with Gasteiger partial charge in [-0.1, -0.05) is 41.9 Å². The first-order valence-corrected chi connectivity index (χ1v) is 20.4. The van der Waals surface area contributed by atoms with E-state index in [2.05, 4.69) is 30.9 Å². The topological polar surface area (TPSA) is 112 Å². The molecule has 0 radical (unpaired) electrons. The molecule has 3 aliphatic carbocycles. The van der Waals surface area contributed by atoms with Crippen molar-refractivity contribution in [3.8, 4) is 17.2 Å². The summed E-state index contributed by atoms with van der Waals surface area (Å²) >= 11 is 0. The minimum atomic E-state index is -1.59. The number of hydrogen-bond acceptors (Lipinski definition) is 9. The molecular weight excluding hydrogens is 695 g/mol. The van der Waals surface area contributed by atoms with Gasteiger partial charge in [0.05, 0.1) is 17.8 Å². The number of carbonyl (C=O) groups is 3. The number of aromatic hydroxyl groups is 1. The predicted molar refractivity (Wildman–Crippen MR) is 212 cm³/mol. The minimum Gasteiger partial charge on any atom is -0.506 e. The summed E-state index contributed by atoms with van der Waals surface area (Å²) in [5, 5.41) is 12.0. The Morgan fingerprint density at radius 1 is 0.982 bits per heavy atom. The number of nitrogens with zero attached hydrogens (tertiary/aromatic N) is 1. The summed E-state index contributed by atoms with van der Waals surface area (Å²) in [6.45, 7) is 19.2. The molecule has 8 rings (SSSR count). The highest BCUT2D eigenvalue weighted by atomic mass is 16.6. The van der Waals surface area contributed by atoms with Gasteiger partial charge >= 0.3 is 5.97 Å². The van der Waals surface area contributed by atoms with Crippen LogP contribution in [0.1, 0.15) is 128 Å². The van der Waals surface area contributed by atoms with Crippen LogP contribution in [0.3, 0.4) is 0 Å². The van der Waals surface area contributed by atoms with Gasteiger partial charge in [-0.25, -0.2) is 4.79 Å². The second-order valence-corrected chi connectivity index (χ2v) is 17.8. The molecule has 1 spiro atoms. The van der Waals surface area contributed by atoms with Crippen molar-refractivity contribution >= 4 is 23.6 Å². The van der Waals surface area contributed by atoms with Crippen LogP contribution in [-0.2, 0) is 25.5 Å². The van der Waals surface area contributed by atoms with Crippen LogP contribution in [0.4, 0.5) is 0 Å². The zero-order valence-electron chi connectivity index (χ0n) is 34.1. The number of phenols is 1. The summed E-state index contributed by atoms with van der Waals surface area (Å²) in [6.07, 6.45) is 18.4. The van der Waals surface area contributed by atoms with Crippen molar-refractivity contribution in [2.24, 2.45) is 11.8 Å². The number of benzene rings is 1. The Hall–Kier alpha value is -3.95. The highest BCUT2D eigenvalue weighted by Gasteiger charge is 2.81. The Balaban J connectivity index is 1.27. The predicted octanol–water partition coefficient (Wildman–Crippen LogP) is 8.57. The van der Waals surface area contributed by atoms with E-state index in [0.717, 1.165) is 38.0 Å². The quantitative estimate of drug-likeness (QED) is 0.0971. The van der Waals surface area contributed by atoms with Crippen LogP contribution < -0.4 is 9.47 Å². The van der Waals surface area contributed by atoms with Gasteiger partial charge in [0.25, 0.3) is 0 Å². The van der Waals surface area contributed by atoms with Crippen molar-refractivity contribution in [2.75, 3.05) is 26.2 Å². The third kappa shape index (κ3) is 6.63. The van der Waals surface area contributed by atoms with Crippen molar-refractivity contribution in [3.63, 3.8) is 0 Å². The highest BCUT2D eigenvalue weighted by Crippen LogP contribution is 2.68. The van der Waals surface area contributed by atoms with E-state index in [9.17, 15) is 19.5 Å². The molecule has 55 heavy (non-hydrogen) atoms. The van der Waals surface area contributed by atoms with Gasteiger partial charge in [0.2, 0.25) is 0 Å². The first-order valence-electron chi connectivity index (χ1n) is 20.4. The molecule has 9 nitrogen and oxygen atoms in total. The van der Waals surface area contributed by atoms with Gasteiger partial charge in [0.15, 0.2) is 22.8 Å². The third-order valence-corrected chi connectivity index (χ3v) is 12.8. The lowest BCUT2D eigenvalue weighted by Crippen LogP contribution is -2.72. The van der Waals surface area contributed by atoms with Crippen molar-refractivity contribution in [1.29, 1.82) is 0 Å². The molecule has 7 aliphatic rings. The number of esters is 1. The molecule has 1 aromatic carbocycles. The largest absolute Gasteiger partial charge is 0.506 e. The first kappa shape index (κ1) is 39.3. The van der Waals surface area contributed by atoms with E-state index >= 15 is 0 Å². The number of phenolic OH excluding ortho intramolecular Hbond substituents is 1. The zero-order valence-corrected chi connectivity index (χ0v) is 34.1. The molecular formula is C46H59NO8. The van der Waals surface area contributed by atoms with E-state index in [-0.39, 0.29) is 41.0 Å². The number of fused-ring (bicyclic) bond motifs is 2. The molecule has 1 aromatic rings. The Labute approximate surface area is 326 Å². The van der Waals surface area contributed by atoms with E-state index in [4.69, 9.17) is 18.9 Å². The van der Waals surface area contributed by atoms with E-state index < -0.39 is 34.3 Å². The number of likely N-dealkylation sites (tertiary alicyclic amines) is 1. The number of hydrogen-bond donors (Lipinski definition) is 1. The fraction of sp³-hybridized carbons (Fsp3) is 0.587. The number of piperidine rings is 1. The van der Waals surface area contributed by atoms with Crippen LogP contribution >= 0.6 is 0 Å². The number of Topliss-reactive ketones (excluding diaryl/α,β-unsaturated/α-hetero) is 2. The molecule has 2 saturated heterocycles. The average molecular weight is 754 g/mol. The summed E-state index contributed by atoms with van der Waals surface area (Å²) in [7, 11) is 0. The monoisotopic (exact) mass is 753 g/mol. The number of ketones is 2. The van der Waals surface area contributed by atoms with Crippen molar-refractivity contribution < 1.29 is 38.4 Å². The Bertz CT molecular complexity index is 1930. The number of carbonyl (C=O) groups excluding carboxylic acids is 3. The Morgan fingerprint density at radius 3 is 2.42 bits per heavy atom. The second kappa shape index (κ2) is 14.5. The SMILES string of the molecule is CC(C)=CCC[C@]1(C)C=Cc2c(O)c3c(c(CC=C(C)C)c2O1)O[C@]12C(=C[C@@H]4C[C@H]1C(C)(C)O[C@@]2(C/C=C(/C)C(=O)OCCCN1CCCCC1)C4=O)C3=O. The average Bonchev–Trinajstić information content (AvgIpc) is 3.29. The highest BCUT2D eigenvalue weighted by molar-refractivity contribution is 6.19. The summed E-state index contributed by atoms with van der Waals surface area (Å²) in [6, 6.07) is 0. The van der Waals surface area contributed by atoms with E-state index in [1.165, 1.54) is 24.8 Å². The van der Waals surface area contributed by atoms with Gasteiger partial charge in [-0.05, 0) is 126 Å². The number of ether oxygens (including phenoxy) is 4. The summed E-state index contributed by atoms with van der Waals surface area (Å²) < 4.78 is 26.7. The van der Waals surface area contributed by atoms with Gasteiger partial charge in [-0.15, -0.1) is 0 Å². The van der Waals surface area contributed by atoms with Gasteiger partial charge in [-0.3, -0.25) is 9.59 Å². The second-order valence-electron chi connectivity index (χ2n) is 17.8. The first-order chi connectivity index (χ1) is 26.0. The molecule has 3 fully saturated rings. The molecule has 5 atom stereocenters. The maximum atomic E-state index is 15.0. The summed E-state index contributed by atoms with van der Waals surface area (Å²) in [5.74, 6) is -1.38. The van der Waals surface area contributed by atoms with Crippen LogP contribution in [0.15, 0.2) is 52.7 Å². The van der Waals surface area contributed by atoms with E-state index in [0.29, 0.717) is 53.9 Å². The summed E-state index contributed by atoms with van der Waals surface area (Å²) in [4.78, 5) is 45.4. The molecule has 0 unspecified atom stereocenters. The van der Waals surface area contributed by atoms with Gasteiger partial charge in [0, 0.05) is 41.5 Å². The zero-order chi connectivity index (χ0) is 39.5. The van der Waals surface area contributed by atoms with Crippen LogP contribution in [-0.4, -0.2) is 76.2 Å². The summed E-state index contributed by atoms with van der Waals surface area (Å²) in [5.41, 5.74) is -0.398. The number of rotatable bonds is 12. The molecule has 4 bridgehead atoms. The molecule has 4 aliphatic heterocycles. The van der Waals surface area contributed by atoms with Crippen molar-refractivity contribution in [1.82, 2.24) is 4.90 Å². The lowest BCUT2D eigenvalue weighted by atomic mass is 9.51. The molecule has 0 amide bonds. The number of allylic oxidation sites excluding steroid dienone is 5. The van der Waals surface area contributed by atoms with E-state index in [1.54, 1.807) is 19.1 Å². The molecule has 1 N–H and O–H groups in total. The fourth-order valence-corrected chi connectivity index (χ4v) is 9.92. The Morgan fingerprint density at radius 2 is 1.71 bits per heavy atom. The Kier molecular flexibility index (Phi) is 10.4. The lowest BCUT2D eigenvalue weighted by molar-refractivity contribution is -0.171. The van der Waals surface area contributed by atoms with Gasteiger partial charge < -0.3 is 29.0 Å². The van der Waals surface area contributed by atoms with Gasteiger partial charge in [-0.2, -0.15) is 0 Å². The van der Waals surface area contributed by atoms with Crippen LogP contribution in [0, 0.1) is 11.8 Å². The fourth-order valence-electron chi connectivity index (χ4n) is 9.92. The van der Waals surface area contributed by atoms with Crippen molar-refractivity contribution in [3.05, 3.63) is 69.4 Å². The maximum Gasteiger partial charge on any atom is 0.333 e. The maximum absolute atomic E-state index is 15.0. The standard InChI is InChI=1S/C46H59NO8/c1-28(2)14-12-19-44(8)20-18-32-37(48)36-38(49)34-26-31-27-35-43(6,7)55-45(41(31)50,46(34,35)54-40(36)33(39(32)53-44)16-15-29(3)4)21-17-30(5)42(51)52-25-13-24-47-22-10-9-11-23-47/h14-15,17-18,20,26,31,35,48H,9-13,16,19,21-25,27H2,1-8H3/b30-17-/t31-,35+,44-,45+,46-/m1/s1. The molecule has 0 aromatic heterocycles. The molecule has 1 saturated carbocycles. The van der Waals surface area contributed by atoms with E-state index in [1.807, 2.05) is 46.8 Å². The van der Waals surface area contributed by atoms with Crippen LogP contribution in [0.25, 0.3) is 6.08 Å². The smallest absolute Gasteiger partial charge is 0.333 e. The van der Waals surface area contributed by atoms with Crippen LogP contribution in [0.5, 0.6) is 17.2 Å². The minimum absolute atomic E-state index is 0.0266. The normalized spacial score (nSPS) is 30.0. The van der Waals surface area contributed by atoms with Crippen LogP contribution in [0.2, 0.25) is 0 Å². The molecule has 296 valence electrons.